The molecule has 0 aliphatic rings. The second-order valence-corrected chi connectivity index (χ2v) is 5.08. The van der Waals surface area contributed by atoms with Gasteiger partial charge in [0, 0.05) is 29.6 Å². The van der Waals surface area contributed by atoms with Gasteiger partial charge in [0.25, 0.3) is 0 Å². The van der Waals surface area contributed by atoms with Crippen LogP contribution in [0.25, 0.3) is 5.65 Å². The Hall–Kier alpha value is -1.79. The number of rotatable bonds is 4. The maximum absolute atomic E-state index is 4.17. The number of aromatic nitrogens is 4. The van der Waals surface area contributed by atoms with E-state index < -0.39 is 0 Å². The molecular formula is C13H12BrN5. The van der Waals surface area contributed by atoms with Crippen molar-refractivity contribution in [1.29, 1.82) is 0 Å². The van der Waals surface area contributed by atoms with Gasteiger partial charge in [-0.15, -0.1) is 10.2 Å². The highest BCUT2D eigenvalue weighted by Crippen LogP contribution is 2.09. The molecule has 3 aromatic rings. The molecule has 0 aliphatic carbocycles. The van der Waals surface area contributed by atoms with Crippen LogP contribution < -0.4 is 5.32 Å². The first-order chi connectivity index (χ1) is 9.33. The van der Waals surface area contributed by atoms with Crippen molar-refractivity contribution in [2.45, 2.75) is 13.1 Å². The van der Waals surface area contributed by atoms with Crippen LogP contribution in [0.1, 0.15) is 11.4 Å². The summed E-state index contributed by atoms with van der Waals surface area (Å²) in [6.07, 6.45) is 5.59. The van der Waals surface area contributed by atoms with Crippen molar-refractivity contribution in [2.75, 3.05) is 0 Å². The molecule has 0 bridgehead atoms. The van der Waals surface area contributed by atoms with E-state index in [1.807, 2.05) is 41.1 Å². The lowest BCUT2D eigenvalue weighted by atomic mass is 10.3. The molecule has 19 heavy (non-hydrogen) atoms. The topological polar surface area (TPSA) is 55.1 Å². The van der Waals surface area contributed by atoms with E-state index in [0.29, 0.717) is 6.54 Å². The van der Waals surface area contributed by atoms with Crippen LogP contribution in [0.4, 0.5) is 0 Å². The molecule has 0 radical (unpaired) electrons. The Morgan fingerprint density at radius 2 is 2.11 bits per heavy atom. The van der Waals surface area contributed by atoms with Gasteiger partial charge in [0.05, 0.1) is 6.54 Å². The lowest BCUT2D eigenvalue weighted by molar-refractivity contribution is 0.655. The molecule has 3 heterocycles. The average molecular weight is 318 g/mol. The molecule has 3 aromatic heterocycles. The van der Waals surface area contributed by atoms with Gasteiger partial charge in [-0.05, 0) is 39.7 Å². The third-order valence-electron chi connectivity index (χ3n) is 2.76. The van der Waals surface area contributed by atoms with Gasteiger partial charge < -0.3 is 5.32 Å². The van der Waals surface area contributed by atoms with Gasteiger partial charge in [-0.25, -0.2) is 0 Å². The van der Waals surface area contributed by atoms with Crippen molar-refractivity contribution in [2.24, 2.45) is 0 Å². The van der Waals surface area contributed by atoms with Crippen LogP contribution in [0.5, 0.6) is 0 Å². The summed E-state index contributed by atoms with van der Waals surface area (Å²) >= 11 is 3.41. The van der Waals surface area contributed by atoms with Gasteiger partial charge in [0.15, 0.2) is 11.5 Å². The highest BCUT2D eigenvalue weighted by Gasteiger charge is 2.03. The third kappa shape index (κ3) is 2.80. The molecule has 6 heteroatoms. The molecule has 1 N–H and O–H groups in total. The van der Waals surface area contributed by atoms with E-state index in [0.717, 1.165) is 28.1 Å². The molecule has 3 rings (SSSR count). The number of pyridine rings is 2. The SMILES string of the molecule is Brc1cncc(CNCc2nnc3ccccn23)c1. The molecule has 0 saturated carbocycles. The minimum atomic E-state index is 0.664. The molecule has 0 atom stereocenters. The summed E-state index contributed by atoms with van der Waals surface area (Å²) in [5.74, 6) is 0.901. The van der Waals surface area contributed by atoms with Crippen molar-refractivity contribution < 1.29 is 0 Å². The van der Waals surface area contributed by atoms with Crippen LogP contribution in [-0.2, 0) is 13.1 Å². The molecule has 0 spiro atoms. The van der Waals surface area contributed by atoms with Crippen LogP contribution in [0.3, 0.4) is 0 Å². The van der Waals surface area contributed by atoms with Crippen LogP contribution in [0.15, 0.2) is 47.3 Å². The smallest absolute Gasteiger partial charge is 0.160 e. The van der Waals surface area contributed by atoms with Crippen molar-refractivity contribution in [3.63, 3.8) is 0 Å². The van der Waals surface area contributed by atoms with Crippen molar-refractivity contribution in [1.82, 2.24) is 24.9 Å². The second kappa shape index (κ2) is 5.46. The summed E-state index contributed by atoms with van der Waals surface area (Å²) in [5, 5.41) is 11.6. The van der Waals surface area contributed by atoms with Gasteiger partial charge in [-0.2, -0.15) is 0 Å². The number of nitrogens with one attached hydrogen (secondary N) is 1. The largest absolute Gasteiger partial charge is 0.306 e. The number of hydrogen-bond acceptors (Lipinski definition) is 4. The van der Waals surface area contributed by atoms with Gasteiger partial charge in [-0.1, -0.05) is 6.07 Å². The molecule has 0 saturated heterocycles. The monoisotopic (exact) mass is 317 g/mol. The summed E-state index contributed by atoms with van der Waals surface area (Å²) in [4.78, 5) is 4.13. The Balaban J connectivity index is 1.66. The average Bonchev–Trinajstić information content (AvgIpc) is 2.83. The predicted molar refractivity (Wildman–Crippen MR) is 75.5 cm³/mol. The minimum Gasteiger partial charge on any atom is -0.306 e. The Kier molecular flexibility index (Phi) is 3.52. The minimum absolute atomic E-state index is 0.664. The van der Waals surface area contributed by atoms with Gasteiger partial charge in [-0.3, -0.25) is 9.38 Å². The first-order valence-electron chi connectivity index (χ1n) is 5.92. The Morgan fingerprint density at radius 3 is 3.00 bits per heavy atom. The van der Waals surface area contributed by atoms with E-state index in [2.05, 4.69) is 36.4 Å². The Bertz CT molecular complexity index is 694. The van der Waals surface area contributed by atoms with Crippen LogP contribution in [0.2, 0.25) is 0 Å². The zero-order chi connectivity index (χ0) is 13.1. The number of hydrogen-bond donors (Lipinski definition) is 1. The normalized spacial score (nSPS) is 11.0. The lowest BCUT2D eigenvalue weighted by Crippen LogP contribution is -2.15. The van der Waals surface area contributed by atoms with E-state index in [9.17, 15) is 0 Å². The van der Waals surface area contributed by atoms with Crippen LogP contribution >= 0.6 is 15.9 Å². The lowest BCUT2D eigenvalue weighted by Gasteiger charge is -2.04. The zero-order valence-corrected chi connectivity index (χ0v) is 11.7. The molecule has 5 nitrogen and oxygen atoms in total. The van der Waals surface area contributed by atoms with Crippen molar-refractivity contribution in [3.05, 3.63) is 58.7 Å². The highest BCUT2D eigenvalue weighted by molar-refractivity contribution is 9.10. The van der Waals surface area contributed by atoms with E-state index >= 15 is 0 Å². The summed E-state index contributed by atoms with van der Waals surface area (Å²) in [7, 11) is 0. The molecule has 0 fully saturated rings. The van der Waals surface area contributed by atoms with Crippen molar-refractivity contribution >= 4 is 21.6 Å². The zero-order valence-electron chi connectivity index (χ0n) is 10.1. The number of halogens is 1. The fourth-order valence-electron chi connectivity index (χ4n) is 1.88. The van der Waals surface area contributed by atoms with Crippen molar-refractivity contribution in [3.8, 4) is 0 Å². The summed E-state index contributed by atoms with van der Waals surface area (Å²) in [5.41, 5.74) is 1.99. The first kappa shape index (κ1) is 12.3. The van der Waals surface area contributed by atoms with Gasteiger partial charge in [0.1, 0.15) is 0 Å². The molecule has 0 aromatic carbocycles. The third-order valence-corrected chi connectivity index (χ3v) is 3.19. The van der Waals surface area contributed by atoms with Crippen LogP contribution in [0, 0.1) is 0 Å². The number of fused-ring (bicyclic) bond motifs is 1. The maximum Gasteiger partial charge on any atom is 0.160 e. The van der Waals surface area contributed by atoms with E-state index in [1.54, 1.807) is 6.20 Å². The summed E-state index contributed by atoms with van der Waals surface area (Å²) in [6, 6.07) is 7.91. The fourth-order valence-corrected chi connectivity index (χ4v) is 2.29. The van der Waals surface area contributed by atoms with E-state index in [-0.39, 0.29) is 0 Å². The van der Waals surface area contributed by atoms with E-state index in [1.165, 1.54) is 0 Å². The summed E-state index contributed by atoms with van der Waals surface area (Å²) in [6.45, 7) is 1.41. The second-order valence-electron chi connectivity index (χ2n) is 4.16. The standard InChI is InChI=1S/C13H12BrN5/c14-11-5-10(6-15-8-11)7-16-9-13-18-17-12-3-1-2-4-19(12)13/h1-6,8,16H,7,9H2. The summed E-state index contributed by atoms with van der Waals surface area (Å²) < 4.78 is 2.96. The van der Waals surface area contributed by atoms with Gasteiger partial charge in [0.2, 0.25) is 0 Å². The fraction of sp³-hybridized carbons (Fsp3) is 0.154. The quantitative estimate of drug-likeness (QED) is 0.801. The predicted octanol–water partition coefficient (Wildman–Crippen LogP) is 2.18. The Labute approximate surface area is 118 Å². The van der Waals surface area contributed by atoms with Crippen LogP contribution in [-0.4, -0.2) is 19.6 Å². The molecular weight excluding hydrogens is 306 g/mol. The number of nitrogens with zero attached hydrogens (tertiary/aromatic N) is 4. The molecule has 0 amide bonds. The molecule has 96 valence electrons. The molecule has 0 unspecified atom stereocenters. The Morgan fingerprint density at radius 1 is 1.16 bits per heavy atom. The first-order valence-corrected chi connectivity index (χ1v) is 6.71. The highest BCUT2D eigenvalue weighted by atomic mass is 79.9. The molecule has 0 aliphatic heterocycles. The maximum atomic E-state index is 4.17. The van der Waals surface area contributed by atoms with Gasteiger partial charge >= 0.3 is 0 Å². The van der Waals surface area contributed by atoms with E-state index in [4.69, 9.17) is 0 Å².